The van der Waals surface area contributed by atoms with E-state index in [0.717, 1.165) is 11.0 Å². The molecule has 0 aromatic carbocycles. The van der Waals surface area contributed by atoms with Gasteiger partial charge in [0.15, 0.2) is 12.8 Å². The second-order valence-electron chi connectivity index (χ2n) is 4.75. The molecule has 0 aromatic rings. The second-order valence-corrected chi connectivity index (χ2v) is 6.12. The number of likely N-dealkylation sites (N-methyl/N-ethyl adjacent to an activating group) is 1. The maximum Gasteiger partial charge on any atom is 0.508 e. The molecule has 0 aliphatic carbocycles. The van der Waals surface area contributed by atoms with E-state index in [1.165, 1.54) is 6.08 Å². The molecule has 0 aromatic heterocycles. The fourth-order valence-corrected chi connectivity index (χ4v) is 1.80. The number of rotatable bonds is 9. The van der Waals surface area contributed by atoms with Gasteiger partial charge in [-0.25, -0.2) is 0 Å². The Balaban J connectivity index is 3.47. The third kappa shape index (κ3) is 11.5. The van der Waals surface area contributed by atoms with Gasteiger partial charge in [0.05, 0.1) is 21.1 Å². The number of nitrogens with zero attached hydrogens (tertiary/aromatic N) is 1. The number of nitrogens with one attached hydrogen (secondary N) is 1. The Morgan fingerprint density at radius 3 is 2.65 bits per heavy atom. The summed E-state index contributed by atoms with van der Waals surface area (Å²) in [6.45, 7) is 5.17. The largest absolute Gasteiger partial charge is 0.508 e. The molecular weight excluding hydrogens is 239 g/mol. The lowest BCUT2D eigenvalue weighted by molar-refractivity contribution is -0.870. The molecule has 0 heterocycles. The van der Waals surface area contributed by atoms with Gasteiger partial charge in [0, 0.05) is 13.0 Å². The van der Waals surface area contributed by atoms with Crippen molar-refractivity contribution in [1.82, 2.24) is 5.32 Å². The number of hydrogen-bond donors (Lipinski definition) is 1. The summed E-state index contributed by atoms with van der Waals surface area (Å²) in [6, 6.07) is 0. The predicted molar refractivity (Wildman–Crippen MR) is 69.1 cm³/mol. The van der Waals surface area contributed by atoms with Crippen LogP contribution in [-0.4, -0.2) is 57.4 Å². The topological polar surface area (TPSA) is 55.4 Å². The highest BCUT2D eigenvalue weighted by Crippen LogP contribution is 2.22. The van der Waals surface area contributed by atoms with Crippen molar-refractivity contribution in [2.75, 3.05) is 47.0 Å². The molecule has 6 heteroatoms. The van der Waals surface area contributed by atoms with E-state index in [4.69, 9.17) is 4.52 Å². The SMILES string of the molecule is C=CC(=O)NCCC[P+](=O)OCC[N+](C)(C)C. The minimum atomic E-state index is -1.61. The summed E-state index contributed by atoms with van der Waals surface area (Å²) in [5.74, 6) is -0.203. The Bertz CT molecular complexity index is 274. The van der Waals surface area contributed by atoms with Crippen LogP contribution < -0.4 is 5.32 Å². The summed E-state index contributed by atoms with van der Waals surface area (Å²) in [7, 11) is 4.56. The molecule has 17 heavy (non-hydrogen) atoms. The van der Waals surface area contributed by atoms with Crippen molar-refractivity contribution in [3.8, 4) is 0 Å². The minimum Gasteiger partial charge on any atom is -0.352 e. The van der Waals surface area contributed by atoms with Gasteiger partial charge in [0.25, 0.3) is 0 Å². The highest BCUT2D eigenvalue weighted by molar-refractivity contribution is 7.39. The fourth-order valence-electron chi connectivity index (χ4n) is 0.973. The van der Waals surface area contributed by atoms with Gasteiger partial charge >= 0.3 is 8.03 Å². The average Bonchev–Trinajstić information content (AvgIpc) is 2.22. The van der Waals surface area contributed by atoms with E-state index in [2.05, 4.69) is 33.0 Å². The molecule has 0 fully saturated rings. The maximum absolute atomic E-state index is 11.4. The molecular formula is C11H23N2O3P+2. The normalized spacial score (nSPS) is 12.1. The van der Waals surface area contributed by atoms with Crippen LogP contribution in [0.15, 0.2) is 12.7 Å². The van der Waals surface area contributed by atoms with E-state index in [9.17, 15) is 9.36 Å². The van der Waals surface area contributed by atoms with Gasteiger partial charge < -0.3 is 9.80 Å². The Labute approximate surface area is 104 Å². The molecule has 1 atom stereocenters. The third-order valence-electron chi connectivity index (χ3n) is 2.00. The summed E-state index contributed by atoms with van der Waals surface area (Å²) in [5, 5.41) is 2.62. The first-order chi connectivity index (χ1) is 7.85. The summed E-state index contributed by atoms with van der Waals surface area (Å²) in [6.07, 6.45) is 2.35. The molecule has 0 radical (unpaired) electrons. The highest BCUT2D eigenvalue weighted by atomic mass is 31.1. The standard InChI is InChI=1S/C11H22N2O3P/c1-5-11(14)12-7-6-10-17(15)16-9-8-13(2,3)4/h5H,1,6-10H2,2-4H3/q+1/p+1. The van der Waals surface area contributed by atoms with E-state index in [0.29, 0.717) is 25.7 Å². The second kappa shape index (κ2) is 8.34. The zero-order valence-corrected chi connectivity index (χ0v) is 11.8. The van der Waals surface area contributed by atoms with Crippen molar-refractivity contribution in [3.05, 3.63) is 12.7 Å². The number of carbonyl (C=O) groups is 1. The zero-order valence-electron chi connectivity index (χ0n) is 10.9. The Morgan fingerprint density at radius 1 is 1.47 bits per heavy atom. The van der Waals surface area contributed by atoms with Crippen molar-refractivity contribution < 1.29 is 18.4 Å². The summed E-state index contributed by atoms with van der Waals surface area (Å²) >= 11 is 0. The molecule has 0 rings (SSSR count). The quantitative estimate of drug-likeness (QED) is 0.293. The van der Waals surface area contributed by atoms with Crippen LogP contribution in [0.5, 0.6) is 0 Å². The molecule has 98 valence electrons. The van der Waals surface area contributed by atoms with Gasteiger partial charge in [0.1, 0.15) is 6.54 Å². The van der Waals surface area contributed by atoms with E-state index in [1.807, 2.05) is 0 Å². The summed E-state index contributed by atoms with van der Waals surface area (Å²) < 4.78 is 17.4. The van der Waals surface area contributed by atoms with Gasteiger partial charge in [0.2, 0.25) is 5.91 Å². The first-order valence-electron chi connectivity index (χ1n) is 5.63. The van der Waals surface area contributed by atoms with Crippen LogP contribution in [0.2, 0.25) is 0 Å². The lowest BCUT2D eigenvalue weighted by Crippen LogP contribution is -2.37. The van der Waals surface area contributed by atoms with Crippen LogP contribution in [0.4, 0.5) is 0 Å². The first-order valence-corrected chi connectivity index (χ1v) is 7.00. The van der Waals surface area contributed by atoms with E-state index >= 15 is 0 Å². The monoisotopic (exact) mass is 262 g/mol. The smallest absolute Gasteiger partial charge is 0.352 e. The molecule has 0 aliphatic rings. The minimum absolute atomic E-state index is 0.203. The highest BCUT2D eigenvalue weighted by Gasteiger charge is 2.18. The predicted octanol–water partition coefficient (Wildman–Crippen LogP) is 1.14. The molecule has 1 unspecified atom stereocenters. The number of carbonyl (C=O) groups excluding carboxylic acids is 1. The van der Waals surface area contributed by atoms with Gasteiger partial charge in [-0.3, -0.25) is 4.79 Å². The average molecular weight is 262 g/mol. The van der Waals surface area contributed by atoms with Gasteiger partial charge in [-0.1, -0.05) is 6.58 Å². The number of amides is 1. The van der Waals surface area contributed by atoms with E-state index < -0.39 is 8.03 Å². The zero-order chi connectivity index (χ0) is 13.3. The lowest BCUT2D eigenvalue weighted by atomic mass is 10.4. The van der Waals surface area contributed by atoms with Crippen LogP contribution in [-0.2, 0) is 13.9 Å². The molecule has 0 aliphatic heterocycles. The Morgan fingerprint density at radius 2 is 2.12 bits per heavy atom. The van der Waals surface area contributed by atoms with Crippen LogP contribution in [0, 0.1) is 0 Å². The molecule has 0 spiro atoms. The summed E-state index contributed by atoms with van der Waals surface area (Å²) in [4.78, 5) is 10.8. The summed E-state index contributed by atoms with van der Waals surface area (Å²) in [5.41, 5.74) is 0. The molecule has 5 nitrogen and oxygen atoms in total. The number of quaternary nitrogens is 1. The van der Waals surface area contributed by atoms with Crippen LogP contribution in [0.25, 0.3) is 0 Å². The maximum atomic E-state index is 11.4. The van der Waals surface area contributed by atoms with Crippen molar-refractivity contribution >= 4 is 13.9 Å². The van der Waals surface area contributed by atoms with Gasteiger partial charge in [-0.05, 0) is 10.6 Å². The molecule has 1 amide bonds. The van der Waals surface area contributed by atoms with E-state index in [-0.39, 0.29) is 5.91 Å². The molecule has 1 N–H and O–H groups in total. The lowest BCUT2D eigenvalue weighted by Gasteiger charge is -2.21. The van der Waals surface area contributed by atoms with Crippen molar-refractivity contribution in [3.63, 3.8) is 0 Å². The van der Waals surface area contributed by atoms with Crippen LogP contribution in [0.3, 0.4) is 0 Å². The number of hydrogen-bond acceptors (Lipinski definition) is 3. The molecule has 0 bridgehead atoms. The fraction of sp³-hybridized carbons (Fsp3) is 0.727. The first kappa shape index (κ1) is 16.2. The Kier molecular flexibility index (Phi) is 7.96. The third-order valence-corrected chi connectivity index (χ3v) is 3.15. The van der Waals surface area contributed by atoms with Crippen molar-refractivity contribution in [2.45, 2.75) is 6.42 Å². The van der Waals surface area contributed by atoms with Crippen molar-refractivity contribution in [2.24, 2.45) is 0 Å². The van der Waals surface area contributed by atoms with Crippen molar-refractivity contribution in [1.29, 1.82) is 0 Å². The molecule has 0 saturated heterocycles. The molecule has 0 saturated carbocycles. The van der Waals surface area contributed by atoms with Crippen LogP contribution in [0.1, 0.15) is 6.42 Å². The van der Waals surface area contributed by atoms with Crippen LogP contribution >= 0.6 is 8.03 Å². The Hall–Kier alpha value is -0.770. The van der Waals surface area contributed by atoms with Gasteiger partial charge in [-0.15, -0.1) is 4.52 Å². The van der Waals surface area contributed by atoms with E-state index in [1.54, 1.807) is 0 Å². The van der Waals surface area contributed by atoms with Gasteiger partial charge in [-0.2, -0.15) is 0 Å².